The number of fused-ring (bicyclic) bond motifs is 2. The molecule has 0 radical (unpaired) electrons. The number of amides is 1. The van der Waals surface area contributed by atoms with Gasteiger partial charge in [0, 0.05) is 19.5 Å². The minimum Gasteiger partial charge on any atom is -0.466 e. The highest BCUT2D eigenvalue weighted by molar-refractivity contribution is 5.84. The van der Waals surface area contributed by atoms with E-state index in [0.29, 0.717) is 50.8 Å². The molecule has 3 fully saturated rings. The number of piperidine rings is 1. The van der Waals surface area contributed by atoms with Gasteiger partial charge < -0.3 is 14.4 Å². The predicted octanol–water partition coefficient (Wildman–Crippen LogP) is 2.55. The van der Waals surface area contributed by atoms with Gasteiger partial charge in [0.1, 0.15) is 0 Å². The number of carbonyl (C=O) groups excluding carboxylic acids is 3. The molecule has 4 unspecified atom stereocenters. The van der Waals surface area contributed by atoms with E-state index in [1.165, 1.54) is 19.3 Å². The van der Waals surface area contributed by atoms with E-state index in [9.17, 15) is 14.4 Å². The van der Waals surface area contributed by atoms with Crippen molar-refractivity contribution in [2.24, 2.45) is 23.7 Å². The fraction of sp³-hybridized carbons (Fsp3) is 0.850. The first-order chi connectivity index (χ1) is 12.5. The van der Waals surface area contributed by atoms with Crippen LogP contribution in [-0.2, 0) is 23.9 Å². The summed E-state index contributed by atoms with van der Waals surface area (Å²) in [6.07, 6.45) is 5.88. The summed E-state index contributed by atoms with van der Waals surface area (Å²) < 4.78 is 10.5. The van der Waals surface area contributed by atoms with Gasteiger partial charge in [-0.3, -0.25) is 14.4 Å². The van der Waals surface area contributed by atoms with Crippen molar-refractivity contribution in [3.05, 3.63) is 0 Å². The summed E-state index contributed by atoms with van der Waals surface area (Å²) in [4.78, 5) is 38.2. The van der Waals surface area contributed by atoms with E-state index < -0.39 is 6.10 Å². The minimum atomic E-state index is -0.750. The molecule has 0 aromatic rings. The second kappa shape index (κ2) is 8.40. The standard InChI is InChI=1S/C20H31NO5/c1-3-25-20(24)15-6-8-21(9-7-15)19(23)13(2)26-18(22)12-17-11-14-4-5-16(17)10-14/h13-17H,3-12H2,1-2H3. The molecule has 3 rings (SSSR count). The van der Waals surface area contributed by atoms with E-state index in [2.05, 4.69) is 0 Å². The van der Waals surface area contributed by atoms with Crippen molar-refractivity contribution in [2.75, 3.05) is 19.7 Å². The Hall–Kier alpha value is -1.59. The molecule has 4 atom stereocenters. The highest BCUT2D eigenvalue weighted by Crippen LogP contribution is 2.49. The maximum atomic E-state index is 12.5. The normalized spacial score (nSPS) is 29.5. The Labute approximate surface area is 155 Å². The third kappa shape index (κ3) is 4.38. The van der Waals surface area contributed by atoms with Crippen LogP contribution in [0, 0.1) is 23.7 Å². The van der Waals surface area contributed by atoms with E-state index in [0.717, 1.165) is 12.3 Å². The van der Waals surface area contributed by atoms with Gasteiger partial charge in [-0.2, -0.15) is 0 Å². The van der Waals surface area contributed by atoms with Crippen molar-refractivity contribution in [1.29, 1.82) is 0 Å². The smallest absolute Gasteiger partial charge is 0.309 e. The van der Waals surface area contributed by atoms with Crippen LogP contribution in [0.15, 0.2) is 0 Å². The third-order valence-corrected chi connectivity index (χ3v) is 6.40. The quantitative estimate of drug-likeness (QED) is 0.677. The Morgan fingerprint density at radius 3 is 2.38 bits per heavy atom. The topological polar surface area (TPSA) is 72.9 Å². The first kappa shape index (κ1) is 19.2. The van der Waals surface area contributed by atoms with Gasteiger partial charge in [-0.1, -0.05) is 6.42 Å². The summed E-state index contributed by atoms with van der Waals surface area (Å²) in [6.45, 7) is 4.85. The van der Waals surface area contributed by atoms with Crippen molar-refractivity contribution in [1.82, 2.24) is 4.90 Å². The number of rotatable bonds is 6. The van der Waals surface area contributed by atoms with Crippen LogP contribution in [0.4, 0.5) is 0 Å². The molecule has 3 aliphatic rings. The van der Waals surface area contributed by atoms with Gasteiger partial charge in [0.25, 0.3) is 5.91 Å². The van der Waals surface area contributed by atoms with Crippen LogP contribution < -0.4 is 0 Å². The summed E-state index contributed by atoms with van der Waals surface area (Å²) in [5.41, 5.74) is 0. The SMILES string of the molecule is CCOC(=O)C1CCN(C(=O)C(C)OC(=O)CC2CC3CCC2C3)CC1. The molecule has 2 aliphatic carbocycles. The second-order valence-electron chi connectivity index (χ2n) is 8.12. The summed E-state index contributed by atoms with van der Waals surface area (Å²) >= 11 is 0. The molecule has 6 nitrogen and oxygen atoms in total. The number of hydrogen-bond acceptors (Lipinski definition) is 5. The average Bonchev–Trinajstić information content (AvgIpc) is 3.24. The fourth-order valence-corrected chi connectivity index (χ4v) is 4.99. The third-order valence-electron chi connectivity index (χ3n) is 6.40. The van der Waals surface area contributed by atoms with Crippen molar-refractivity contribution in [3.63, 3.8) is 0 Å². The Bertz CT molecular complexity index is 540. The molecule has 2 saturated carbocycles. The monoisotopic (exact) mass is 365 g/mol. The molecule has 6 heteroatoms. The first-order valence-corrected chi connectivity index (χ1v) is 10.1. The number of likely N-dealkylation sites (tertiary alicyclic amines) is 1. The molecule has 0 spiro atoms. The van der Waals surface area contributed by atoms with Crippen LogP contribution in [0.3, 0.4) is 0 Å². The first-order valence-electron chi connectivity index (χ1n) is 10.1. The number of nitrogens with zero attached hydrogens (tertiary/aromatic N) is 1. The van der Waals surface area contributed by atoms with Gasteiger partial charge in [-0.15, -0.1) is 0 Å². The molecule has 0 N–H and O–H groups in total. The molecule has 1 saturated heterocycles. The van der Waals surface area contributed by atoms with Crippen LogP contribution in [-0.4, -0.2) is 48.5 Å². The van der Waals surface area contributed by atoms with Crippen molar-refractivity contribution in [2.45, 2.75) is 64.9 Å². The number of esters is 2. The largest absolute Gasteiger partial charge is 0.466 e. The molecular weight excluding hydrogens is 334 g/mol. The summed E-state index contributed by atoms with van der Waals surface area (Å²) in [5.74, 6) is 1.22. The number of carbonyl (C=O) groups is 3. The van der Waals surface area contributed by atoms with E-state index in [1.54, 1.807) is 18.7 Å². The number of ether oxygens (including phenoxy) is 2. The van der Waals surface area contributed by atoms with Crippen molar-refractivity contribution in [3.8, 4) is 0 Å². The molecular formula is C20H31NO5. The van der Waals surface area contributed by atoms with Gasteiger partial charge in [0.05, 0.1) is 12.5 Å². The zero-order valence-electron chi connectivity index (χ0n) is 15.9. The number of hydrogen-bond donors (Lipinski definition) is 0. The maximum Gasteiger partial charge on any atom is 0.309 e. The van der Waals surface area contributed by atoms with Crippen molar-refractivity contribution >= 4 is 17.8 Å². The van der Waals surface area contributed by atoms with E-state index >= 15 is 0 Å². The summed E-state index contributed by atoms with van der Waals surface area (Å²) in [5, 5.41) is 0. The Morgan fingerprint density at radius 2 is 1.81 bits per heavy atom. The molecule has 146 valence electrons. The van der Waals surface area contributed by atoms with E-state index in [1.807, 2.05) is 0 Å². The van der Waals surface area contributed by atoms with Crippen LogP contribution in [0.5, 0.6) is 0 Å². The lowest BCUT2D eigenvalue weighted by Crippen LogP contribution is -2.45. The molecule has 0 aromatic carbocycles. The van der Waals surface area contributed by atoms with Crippen LogP contribution in [0.2, 0.25) is 0 Å². The minimum absolute atomic E-state index is 0.130. The van der Waals surface area contributed by atoms with E-state index in [4.69, 9.17) is 9.47 Å². The molecule has 1 amide bonds. The Kier molecular flexibility index (Phi) is 6.20. The Morgan fingerprint density at radius 1 is 1.08 bits per heavy atom. The maximum absolute atomic E-state index is 12.5. The van der Waals surface area contributed by atoms with Gasteiger partial charge in [-0.25, -0.2) is 0 Å². The molecule has 1 heterocycles. The van der Waals surface area contributed by atoms with E-state index in [-0.39, 0.29) is 23.8 Å². The van der Waals surface area contributed by atoms with Crippen LogP contribution in [0.1, 0.15) is 58.8 Å². The molecule has 1 aliphatic heterocycles. The lowest BCUT2D eigenvalue weighted by molar-refractivity contribution is -0.161. The molecule has 0 aromatic heterocycles. The van der Waals surface area contributed by atoms with Gasteiger partial charge in [0.15, 0.2) is 6.10 Å². The lowest BCUT2D eigenvalue weighted by atomic mass is 9.86. The van der Waals surface area contributed by atoms with Crippen molar-refractivity contribution < 1.29 is 23.9 Å². The van der Waals surface area contributed by atoms with Gasteiger partial charge >= 0.3 is 11.9 Å². The zero-order chi connectivity index (χ0) is 18.7. The van der Waals surface area contributed by atoms with Gasteiger partial charge in [-0.05, 0) is 63.7 Å². The second-order valence-corrected chi connectivity index (χ2v) is 8.12. The predicted molar refractivity (Wildman–Crippen MR) is 95.0 cm³/mol. The fourth-order valence-electron chi connectivity index (χ4n) is 4.99. The highest BCUT2D eigenvalue weighted by Gasteiger charge is 2.41. The molecule has 2 bridgehead atoms. The highest BCUT2D eigenvalue weighted by atomic mass is 16.5. The lowest BCUT2D eigenvalue weighted by Gasteiger charge is -2.32. The summed E-state index contributed by atoms with van der Waals surface area (Å²) in [7, 11) is 0. The van der Waals surface area contributed by atoms with Crippen LogP contribution in [0.25, 0.3) is 0 Å². The zero-order valence-corrected chi connectivity index (χ0v) is 15.9. The average molecular weight is 365 g/mol. The Balaban J connectivity index is 1.40. The molecule has 26 heavy (non-hydrogen) atoms. The van der Waals surface area contributed by atoms with Gasteiger partial charge in [0.2, 0.25) is 0 Å². The summed E-state index contributed by atoms with van der Waals surface area (Å²) in [6, 6.07) is 0. The van der Waals surface area contributed by atoms with Crippen LogP contribution >= 0.6 is 0 Å².